The van der Waals surface area contributed by atoms with Gasteiger partial charge < -0.3 is 10.4 Å². The Kier molecular flexibility index (Phi) is 4.87. The van der Waals surface area contributed by atoms with E-state index in [0.717, 1.165) is 25.3 Å². The van der Waals surface area contributed by atoms with Gasteiger partial charge in [0, 0.05) is 23.7 Å². The molecule has 2 aromatic heterocycles. The molecule has 0 radical (unpaired) electrons. The summed E-state index contributed by atoms with van der Waals surface area (Å²) in [6.45, 7) is 0.394. The Bertz CT molecular complexity index is 1050. The van der Waals surface area contributed by atoms with Gasteiger partial charge in [0.25, 0.3) is 0 Å². The molecule has 0 unspecified atom stereocenters. The molecule has 0 aliphatic heterocycles. The van der Waals surface area contributed by atoms with Crippen molar-refractivity contribution in [1.82, 2.24) is 20.2 Å². The second-order valence-corrected chi connectivity index (χ2v) is 6.99. The number of benzene rings is 1. The Morgan fingerprint density at radius 2 is 1.97 bits per heavy atom. The fourth-order valence-electron chi connectivity index (χ4n) is 3.46. The Labute approximate surface area is 164 Å². The molecule has 1 saturated carbocycles. The molecule has 29 heavy (non-hydrogen) atoms. The third-order valence-electron chi connectivity index (χ3n) is 5.21. The van der Waals surface area contributed by atoms with Gasteiger partial charge in [0.2, 0.25) is 5.95 Å². The molecule has 1 aliphatic rings. The fraction of sp³-hybridized carbons (Fsp3) is 0.250. The molecule has 2 N–H and O–H groups in total. The number of pyridine rings is 1. The maximum Gasteiger partial charge on any atom is 0.335 e. The van der Waals surface area contributed by atoms with Crippen molar-refractivity contribution in [1.29, 1.82) is 0 Å². The number of aromatic nitrogens is 4. The smallest absolute Gasteiger partial charge is 0.335 e. The third-order valence-corrected chi connectivity index (χ3v) is 5.21. The standard InChI is InChI=1S/C20H17F2N5O2/c21-14-5-4-12(18(28)29)9-13(14)16-10-24-19(27-26-16)25-11-20(6-2-7-20)17-15(22)3-1-8-23-17/h1,3-5,8-10H,2,6-7,11H2,(H,28,29)(H,24,25,27). The van der Waals surface area contributed by atoms with Crippen LogP contribution in [0, 0.1) is 11.6 Å². The number of nitrogens with one attached hydrogen (secondary N) is 1. The van der Waals surface area contributed by atoms with Crippen molar-refractivity contribution in [2.45, 2.75) is 24.7 Å². The van der Waals surface area contributed by atoms with Gasteiger partial charge in [0.05, 0.1) is 17.5 Å². The molecule has 4 rings (SSSR count). The van der Waals surface area contributed by atoms with Gasteiger partial charge in [-0.15, -0.1) is 10.2 Å². The van der Waals surface area contributed by atoms with Crippen LogP contribution in [0.4, 0.5) is 14.7 Å². The predicted molar refractivity (Wildman–Crippen MR) is 100 cm³/mol. The van der Waals surface area contributed by atoms with Gasteiger partial charge in [-0.25, -0.2) is 18.6 Å². The summed E-state index contributed by atoms with van der Waals surface area (Å²) in [4.78, 5) is 19.4. The molecule has 2 heterocycles. The summed E-state index contributed by atoms with van der Waals surface area (Å²) >= 11 is 0. The van der Waals surface area contributed by atoms with Crippen molar-refractivity contribution in [2.24, 2.45) is 0 Å². The van der Waals surface area contributed by atoms with Crippen LogP contribution in [0.15, 0.2) is 42.7 Å². The summed E-state index contributed by atoms with van der Waals surface area (Å²) < 4.78 is 28.2. The fourth-order valence-corrected chi connectivity index (χ4v) is 3.46. The molecule has 0 bridgehead atoms. The summed E-state index contributed by atoms with van der Waals surface area (Å²) in [5, 5.41) is 20.0. The number of hydrogen-bond donors (Lipinski definition) is 2. The Morgan fingerprint density at radius 3 is 2.59 bits per heavy atom. The van der Waals surface area contributed by atoms with Crippen LogP contribution in [0.25, 0.3) is 11.3 Å². The van der Waals surface area contributed by atoms with Crippen LogP contribution in [0.2, 0.25) is 0 Å². The van der Waals surface area contributed by atoms with Crippen molar-refractivity contribution in [3.63, 3.8) is 0 Å². The van der Waals surface area contributed by atoms with Crippen LogP contribution in [0.3, 0.4) is 0 Å². The molecule has 0 amide bonds. The Balaban J connectivity index is 1.51. The van der Waals surface area contributed by atoms with Gasteiger partial charge >= 0.3 is 5.97 Å². The van der Waals surface area contributed by atoms with E-state index in [0.29, 0.717) is 12.2 Å². The van der Waals surface area contributed by atoms with Gasteiger partial charge in [-0.1, -0.05) is 6.42 Å². The first-order chi connectivity index (χ1) is 14.0. The molecule has 7 nitrogen and oxygen atoms in total. The predicted octanol–water partition coefficient (Wildman–Crippen LogP) is 3.44. The van der Waals surface area contributed by atoms with Crippen LogP contribution in [0.5, 0.6) is 0 Å². The molecule has 0 atom stereocenters. The monoisotopic (exact) mass is 397 g/mol. The van der Waals surface area contributed by atoms with E-state index in [1.54, 1.807) is 12.3 Å². The molecular formula is C20H17F2N5O2. The minimum atomic E-state index is -1.17. The second-order valence-electron chi connectivity index (χ2n) is 6.99. The number of carbonyl (C=O) groups is 1. The van der Waals surface area contributed by atoms with E-state index in [1.807, 2.05) is 0 Å². The summed E-state index contributed by atoms with van der Waals surface area (Å²) in [6.07, 6.45) is 5.47. The van der Waals surface area contributed by atoms with Crippen molar-refractivity contribution >= 4 is 11.9 Å². The number of halogens is 2. The lowest BCUT2D eigenvalue weighted by molar-refractivity contribution is 0.0697. The molecule has 3 aromatic rings. The summed E-state index contributed by atoms with van der Waals surface area (Å²) in [7, 11) is 0. The van der Waals surface area contributed by atoms with Crippen LogP contribution < -0.4 is 5.32 Å². The zero-order chi connectivity index (χ0) is 20.4. The Morgan fingerprint density at radius 1 is 1.14 bits per heavy atom. The van der Waals surface area contributed by atoms with Crippen LogP contribution in [-0.4, -0.2) is 37.8 Å². The van der Waals surface area contributed by atoms with Crippen molar-refractivity contribution < 1.29 is 18.7 Å². The number of carboxylic acids is 1. The largest absolute Gasteiger partial charge is 0.478 e. The SMILES string of the molecule is O=C(O)c1ccc(F)c(-c2cnc(NCC3(c4ncccc4F)CCC3)nn2)c1. The number of rotatable bonds is 6. The molecule has 1 fully saturated rings. The van der Waals surface area contributed by atoms with Gasteiger partial charge in [0.15, 0.2) is 0 Å². The highest BCUT2D eigenvalue weighted by atomic mass is 19.1. The van der Waals surface area contributed by atoms with E-state index in [9.17, 15) is 13.6 Å². The first-order valence-corrected chi connectivity index (χ1v) is 9.06. The summed E-state index contributed by atoms with van der Waals surface area (Å²) in [5.74, 6) is -1.91. The summed E-state index contributed by atoms with van der Waals surface area (Å²) in [6, 6.07) is 6.38. The Hall–Kier alpha value is -3.49. The van der Waals surface area contributed by atoms with Gasteiger partial charge in [-0.05, 0) is 43.2 Å². The first kappa shape index (κ1) is 18.9. The van der Waals surface area contributed by atoms with E-state index in [1.165, 1.54) is 24.4 Å². The lowest BCUT2D eigenvalue weighted by atomic mass is 9.66. The van der Waals surface area contributed by atoms with E-state index in [4.69, 9.17) is 5.11 Å². The number of aromatic carboxylic acids is 1. The van der Waals surface area contributed by atoms with E-state index < -0.39 is 17.2 Å². The highest BCUT2D eigenvalue weighted by Gasteiger charge is 2.41. The summed E-state index contributed by atoms with van der Waals surface area (Å²) in [5.41, 5.74) is 0.0633. The molecule has 0 saturated heterocycles. The minimum absolute atomic E-state index is 0.00229. The quantitative estimate of drug-likeness (QED) is 0.657. The van der Waals surface area contributed by atoms with Crippen LogP contribution >= 0.6 is 0 Å². The highest BCUT2D eigenvalue weighted by molar-refractivity contribution is 5.89. The molecule has 1 aliphatic carbocycles. The van der Waals surface area contributed by atoms with E-state index in [-0.39, 0.29) is 28.6 Å². The van der Waals surface area contributed by atoms with Crippen LogP contribution in [0.1, 0.15) is 35.3 Å². The minimum Gasteiger partial charge on any atom is -0.478 e. The molecule has 1 aromatic carbocycles. The third kappa shape index (κ3) is 3.63. The number of carboxylic acid groups (broad SMARTS) is 1. The molecule has 0 spiro atoms. The number of nitrogens with zero attached hydrogens (tertiary/aromatic N) is 4. The zero-order valence-electron chi connectivity index (χ0n) is 15.3. The van der Waals surface area contributed by atoms with Gasteiger partial charge in [-0.3, -0.25) is 4.98 Å². The zero-order valence-corrected chi connectivity index (χ0v) is 15.3. The average Bonchev–Trinajstić information content (AvgIpc) is 2.69. The first-order valence-electron chi connectivity index (χ1n) is 9.06. The van der Waals surface area contributed by atoms with Gasteiger partial charge in [-0.2, -0.15) is 0 Å². The number of hydrogen-bond acceptors (Lipinski definition) is 6. The lowest BCUT2D eigenvalue weighted by Gasteiger charge is -2.41. The van der Waals surface area contributed by atoms with E-state index in [2.05, 4.69) is 25.5 Å². The molecule has 148 valence electrons. The average molecular weight is 397 g/mol. The molecule has 9 heteroatoms. The van der Waals surface area contributed by atoms with E-state index >= 15 is 0 Å². The van der Waals surface area contributed by atoms with Crippen LogP contribution in [-0.2, 0) is 5.41 Å². The topological polar surface area (TPSA) is 101 Å². The maximum atomic E-state index is 14.2. The molecular weight excluding hydrogens is 380 g/mol. The normalized spacial score (nSPS) is 14.8. The van der Waals surface area contributed by atoms with Gasteiger partial charge in [0.1, 0.15) is 17.3 Å². The van der Waals surface area contributed by atoms with Crippen molar-refractivity contribution in [2.75, 3.05) is 11.9 Å². The van der Waals surface area contributed by atoms with Crippen molar-refractivity contribution in [3.8, 4) is 11.3 Å². The lowest BCUT2D eigenvalue weighted by Crippen LogP contribution is -2.42. The second kappa shape index (κ2) is 7.50. The van der Waals surface area contributed by atoms with Crippen molar-refractivity contribution in [3.05, 3.63) is 65.6 Å². The maximum absolute atomic E-state index is 14.2. The highest BCUT2D eigenvalue weighted by Crippen LogP contribution is 2.43. The number of anilines is 1.